The molecule has 0 atom stereocenters. The van der Waals surface area contributed by atoms with Gasteiger partial charge < -0.3 is 23.9 Å². The number of fused-ring (bicyclic) bond motifs is 1. The molecular formula is C23H22N2O6. The van der Waals surface area contributed by atoms with Gasteiger partial charge in [0.2, 0.25) is 0 Å². The van der Waals surface area contributed by atoms with Crippen LogP contribution in [-0.2, 0) is 20.7 Å². The number of anilines is 1. The van der Waals surface area contributed by atoms with Gasteiger partial charge >= 0.3 is 5.97 Å². The first-order valence-corrected chi connectivity index (χ1v) is 9.94. The van der Waals surface area contributed by atoms with E-state index in [1.165, 1.54) is 0 Å². The molecular weight excluding hydrogens is 400 g/mol. The van der Waals surface area contributed by atoms with E-state index in [1.54, 1.807) is 24.4 Å². The van der Waals surface area contributed by atoms with E-state index in [0.717, 1.165) is 11.1 Å². The molecule has 0 aliphatic carbocycles. The van der Waals surface area contributed by atoms with E-state index < -0.39 is 11.9 Å². The number of benzene rings is 2. The van der Waals surface area contributed by atoms with Gasteiger partial charge in [0.15, 0.2) is 29.8 Å². The summed E-state index contributed by atoms with van der Waals surface area (Å²) in [6.07, 6.45) is 1.98. The van der Waals surface area contributed by atoms with E-state index in [2.05, 4.69) is 10.3 Å². The number of esters is 1. The Morgan fingerprint density at radius 3 is 2.65 bits per heavy atom. The summed E-state index contributed by atoms with van der Waals surface area (Å²) in [4.78, 5) is 28.2. The van der Waals surface area contributed by atoms with E-state index >= 15 is 0 Å². The minimum absolute atomic E-state index is 0.0607. The summed E-state index contributed by atoms with van der Waals surface area (Å²) in [6, 6.07) is 13.0. The largest absolute Gasteiger partial charge is 0.486 e. The summed E-state index contributed by atoms with van der Waals surface area (Å²) in [6.45, 7) is 2.58. The Morgan fingerprint density at radius 2 is 1.84 bits per heavy atom. The second-order valence-electron chi connectivity index (χ2n) is 7.05. The Hall–Kier alpha value is -3.81. The highest BCUT2D eigenvalue weighted by molar-refractivity contribution is 5.93. The molecule has 8 heteroatoms. The van der Waals surface area contributed by atoms with Gasteiger partial charge in [0.1, 0.15) is 13.2 Å². The fourth-order valence-corrected chi connectivity index (χ4v) is 3.02. The van der Waals surface area contributed by atoms with Crippen LogP contribution in [0.2, 0.25) is 0 Å². The number of oxazole rings is 1. The van der Waals surface area contributed by atoms with Gasteiger partial charge in [0.25, 0.3) is 5.91 Å². The van der Waals surface area contributed by atoms with Crippen molar-refractivity contribution in [1.82, 2.24) is 4.98 Å². The lowest BCUT2D eigenvalue weighted by Crippen LogP contribution is -2.21. The monoisotopic (exact) mass is 422 g/mol. The fraction of sp³-hybridized carbons (Fsp3) is 0.261. The van der Waals surface area contributed by atoms with Crippen LogP contribution >= 0.6 is 0 Å². The third-order valence-electron chi connectivity index (χ3n) is 4.62. The molecule has 31 heavy (non-hydrogen) atoms. The van der Waals surface area contributed by atoms with Crippen molar-refractivity contribution in [1.29, 1.82) is 0 Å². The van der Waals surface area contributed by atoms with Crippen molar-refractivity contribution in [3.05, 3.63) is 60.1 Å². The van der Waals surface area contributed by atoms with Crippen molar-refractivity contribution < 1.29 is 28.2 Å². The molecule has 1 aliphatic heterocycles. The van der Waals surface area contributed by atoms with Crippen molar-refractivity contribution in [3.8, 4) is 22.8 Å². The lowest BCUT2D eigenvalue weighted by molar-refractivity contribution is -0.147. The number of aromatic nitrogens is 1. The normalized spacial score (nSPS) is 12.3. The minimum Gasteiger partial charge on any atom is -0.486 e. The van der Waals surface area contributed by atoms with Crippen molar-refractivity contribution in [3.63, 3.8) is 0 Å². The standard InChI is InChI=1S/C23H22N2O6/c1-15-2-4-16(5-3-15)20-13-24-22(31-20)8-9-23(27)30-14-21(26)25-17-6-7-18-19(12-17)29-11-10-28-18/h2-7,12-13H,8-11,14H2,1H3,(H,25,26). The molecule has 1 amide bonds. The minimum atomic E-state index is -0.507. The van der Waals surface area contributed by atoms with Crippen LogP contribution in [0.1, 0.15) is 17.9 Å². The Kier molecular flexibility index (Phi) is 6.16. The summed E-state index contributed by atoms with van der Waals surface area (Å²) in [5, 5.41) is 2.66. The highest BCUT2D eigenvalue weighted by atomic mass is 16.6. The summed E-state index contributed by atoms with van der Waals surface area (Å²) in [5.41, 5.74) is 2.61. The molecule has 160 valence electrons. The van der Waals surface area contributed by atoms with E-state index in [0.29, 0.717) is 42.1 Å². The summed E-state index contributed by atoms with van der Waals surface area (Å²) in [7, 11) is 0. The molecule has 0 spiro atoms. The average Bonchev–Trinajstić information content (AvgIpc) is 3.26. The van der Waals surface area contributed by atoms with Crippen molar-refractivity contribution in [2.24, 2.45) is 0 Å². The SMILES string of the molecule is Cc1ccc(-c2cnc(CCC(=O)OCC(=O)Nc3ccc4c(c3)OCCO4)o2)cc1. The Morgan fingerprint density at radius 1 is 1.06 bits per heavy atom. The second kappa shape index (κ2) is 9.34. The van der Waals surface area contributed by atoms with Crippen LogP contribution in [0.5, 0.6) is 11.5 Å². The zero-order chi connectivity index (χ0) is 21.6. The van der Waals surface area contributed by atoms with Crippen LogP contribution in [0.25, 0.3) is 11.3 Å². The number of nitrogens with one attached hydrogen (secondary N) is 1. The number of carbonyl (C=O) groups excluding carboxylic acids is 2. The second-order valence-corrected chi connectivity index (χ2v) is 7.05. The molecule has 8 nitrogen and oxygen atoms in total. The number of hydrogen-bond donors (Lipinski definition) is 1. The molecule has 1 N–H and O–H groups in total. The van der Waals surface area contributed by atoms with Crippen LogP contribution in [0, 0.1) is 6.92 Å². The zero-order valence-corrected chi connectivity index (χ0v) is 17.1. The predicted octanol–water partition coefficient (Wildman–Crippen LogP) is 3.54. The van der Waals surface area contributed by atoms with Crippen molar-refractivity contribution in [2.75, 3.05) is 25.1 Å². The predicted molar refractivity (Wildman–Crippen MR) is 112 cm³/mol. The van der Waals surface area contributed by atoms with E-state index in [4.69, 9.17) is 18.6 Å². The third kappa shape index (κ3) is 5.42. The van der Waals surface area contributed by atoms with Gasteiger partial charge in [-0.25, -0.2) is 4.98 Å². The molecule has 0 fully saturated rings. The molecule has 1 aliphatic rings. The van der Waals surface area contributed by atoms with Gasteiger partial charge in [-0.1, -0.05) is 29.8 Å². The Labute approximate surface area is 179 Å². The van der Waals surface area contributed by atoms with E-state index in [-0.39, 0.29) is 19.4 Å². The van der Waals surface area contributed by atoms with Crippen molar-refractivity contribution >= 4 is 17.6 Å². The number of carbonyl (C=O) groups is 2. The molecule has 0 unspecified atom stereocenters. The Bertz CT molecular complexity index is 1070. The smallest absolute Gasteiger partial charge is 0.306 e. The van der Waals surface area contributed by atoms with Crippen LogP contribution in [0.15, 0.2) is 53.1 Å². The first-order chi connectivity index (χ1) is 15.1. The van der Waals surface area contributed by atoms with Crippen molar-refractivity contribution in [2.45, 2.75) is 19.8 Å². The highest BCUT2D eigenvalue weighted by Gasteiger charge is 2.14. The molecule has 0 bridgehead atoms. The van der Waals surface area contributed by atoms with Gasteiger partial charge in [-0.05, 0) is 19.1 Å². The number of amides is 1. The molecule has 3 aromatic rings. The van der Waals surface area contributed by atoms with Crippen LogP contribution in [-0.4, -0.2) is 36.7 Å². The third-order valence-corrected chi connectivity index (χ3v) is 4.62. The maximum atomic E-state index is 12.1. The summed E-state index contributed by atoms with van der Waals surface area (Å²) >= 11 is 0. The quantitative estimate of drug-likeness (QED) is 0.581. The number of aryl methyl sites for hydroxylation is 2. The number of ether oxygens (including phenoxy) is 3. The molecule has 1 aromatic heterocycles. The molecule has 0 saturated carbocycles. The van der Waals surface area contributed by atoms with Gasteiger partial charge in [0.05, 0.1) is 12.6 Å². The number of hydrogen-bond acceptors (Lipinski definition) is 7. The van der Waals surface area contributed by atoms with Gasteiger partial charge in [-0.3, -0.25) is 9.59 Å². The summed E-state index contributed by atoms with van der Waals surface area (Å²) in [5.74, 6) is 1.33. The molecule has 2 heterocycles. The van der Waals surface area contributed by atoms with Crippen LogP contribution < -0.4 is 14.8 Å². The molecule has 0 radical (unpaired) electrons. The molecule has 4 rings (SSSR count). The van der Waals surface area contributed by atoms with E-state index in [1.807, 2.05) is 31.2 Å². The average molecular weight is 422 g/mol. The summed E-state index contributed by atoms with van der Waals surface area (Å²) < 4.78 is 21.6. The lowest BCUT2D eigenvalue weighted by atomic mass is 10.1. The molecule has 0 saturated heterocycles. The highest BCUT2D eigenvalue weighted by Crippen LogP contribution is 2.32. The lowest BCUT2D eigenvalue weighted by Gasteiger charge is -2.19. The molecule has 2 aromatic carbocycles. The number of nitrogens with zero attached hydrogens (tertiary/aromatic N) is 1. The first-order valence-electron chi connectivity index (χ1n) is 9.94. The first kappa shape index (κ1) is 20.5. The van der Waals surface area contributed by atoms with Crippen LogP contribution in [0.4, 0.5) is 5.69 Å². The van der Waals surface area contributed by atoms with Gasteiger partial charge in [0, 0.05) is 23.7 Å². The maximum absolute atomic E-state index is 12.1. The fourth-order valence-electron chi connectivity index (χ4n) is 3.02. The van der Waals surface area contributed by atoms with Gasteiger partial charge in [-0.2, -0.15) is 0 Å². The van der Waals surface area contributed by atoms with Gasteiger partial charge in [-0.15, -0.1) is 0 Å². The maximum Gasteiger partial charge on any atom is 0.306 e. The van der Waals surface area contributed by atoms with Crippen LogP contribution in [0.3, 0.4) is 0 Å². The zero-order valence-electron chi connectivity index (χ0n) is 17.1. The van der Waals surface area contributed by atoms with E-state index in [9.17, 15) is 9.59 Å². The number of rotatable bonds is 7. The topological polar surface area (TPSA) is 99.9 Å². The Balaban J connectivity index is 1.21.